The van der Waals surface area contributed by atoms with E-state index in [1.54, 1.807) is 98.6 Å². The summed E-state index contributed by atoms with van der Waals surface area (Å²) in [6, 6.07) is 34.1. The molecule has 516 valence electrons. The van der Waals surface area contributed by atoms with E-state index in [2.05, 4.69) is 55.1 Å². The molecule has 22 nitrogen and oxygen atoms in total. The van der Waals surface area contributed by atoms with Crippen molar-refractivity contribution in [1.29, 1.82) is 0 Å². The topological polar surface area (TPSA) is 337 Å². The van der Waals surface area contributed by atoms with Crippen molar-refractivity contribution in [3.8, 4) is 0 Å². The van der Waals surface area contributed by atoms with Gasteiger partial charge in [-0.25, -0.2) is 11.0 Å². The predicted octanol–water partition coefficient (Wildman–Crippen LogP) is 11.7. The number of amides is 6. The third-order valence-corrected chi connectivity index (χ3v) is 19.9. The number of ether oxygens (including phenoxy) is 2. The van der Waals surface area contributed by atoms with Gasteiger partial charge in [-0.05, 0) is 213 Å². The smallest absolute Gasteiger partial charge is 0.275 e. The van der Waals surface area contributed by atoms with Crippen molar-refractivity contribution in [1.82, 2.24) is 30.9 Å². The van der Waals surface area contributed by atoms with Gasteiger partial charge in [0, 0.05) is 108 Å². The molecule has 12 N–H and O–H groups in total. The van der Waals surface area contributed by atoms with Gasteiger partial charge >= 0.3 is 0 Å². The molecule has 6 aromatic rings. The lowest BCUT2D eigenvalue weighted by Crippen LogP contribution is -2.52. The summed E-state index contributed by atoms with van der Waals surface area (Å²) < 4.78 is 12.0. The molecule has 4 heterocycles. The van der Waals surface area contributed by atoms with Crippen molar-refractivity contribution in [2.75, 3.05) is 21.3 Å². The first-order valence-electron chi connectivity index (χ1n) is 34.1. The van der Waals surface area contributed by atoms with Gasteiger partial charge in [-0.3, -0.25) is 59.1 Å². The van der Waals surface area contributed by atoms with Crippen molar-refractivity contribution < 1.29 is 48.7 Å². The monoisotopic (exact) mass is 1320 g/mol. The van der Waals surface area contributed by atoms with E-state index < -0.39 is 23.0 Å². The summed E-state index contributed by atoms with van der Waals surface area (Å²) in [5.41, 5.74) is 18.4. The van der Waals surface area contributed by atoms with Crippen molar-refractivity contribution in [3.63, 3.8) is 0 Å². The molecule has 4 fully saturated rings. The number of nitrogens with two attached hydrogens (primary N) is 2. The number of nitrogens with one attached hydrogen (secondary N) is 6. The Labute approximate surface area is 565 Å². The second kappa shape index (κ2) is 39.0. The van der Waals surface area contributed by atoms with Crippen molar-refractivity contribution >= 4 is 58.2 Å². The van der Waals surface area contributed by atoms with E-state index >= 15 is 0 Å². The number of anilines is 4. The van der Waals surface area contributed by atoms with Crippen LogP contribution >= 0.6 is 0 Å². The van der Waals surface area contributed by atoms with Crippen LogP contribution in [0.2, 0.25) is 0 Å². The Hall–Kier alpha value is -8.38. The fourth-order valence-corrected chi connectivity index (χ4v) is 13.4. The van der Waals surface area contributed by atoms with E-state index in [0.717, 1.165) is 98.1 Å². The maximum atomic E-state index is 12.5. The molecule has 4 aliphatic carbocycles. The number of carbonyl (C=O) groups is 6. The van der Waals surface area contributed by atoms with E-state index in [4.69, 9.17) is 20.9 Å². The second-order valence-corrected chi connectivity index (χ2v) is 26.0. The second-order valence-electron chi connectivity index (χ2n) is 26.0. The summed E-state index contributed by atoms with van der Waals surface area (Å²) in [5.74, 6) is 0.144. The fraction of sp³-hybridized carbons (Fsp3) is 0.486. The number of rotatable bonds is 22. The summed E-state index contributed by atoms with van der Waals surface area (Å²) in [7, 11) is 0. The molecule has 2 aromatic carbocycles. The number of nitrogens with zero attached hydrogens (tertiary/aromatic N) is 4. The third-order valence-electron chi connectivity index (χ3n) is 19.9. The molecule has 0 aliphatic heterocycles. The molecule has 0 radical (unpaired) electrons. The summed E-state index contributed by atoms with van der Waals surface area (Å²) in [4.78, 5) is 90.0. The highest BCUT2D eigenvalue weighted by atomic mass is 16.5. The third kappa shape index (κ3) is 22.9. The molecule has 4 unspecified atom stereocenters. The SMILES string of the molecule is CC(OCc1ccccc1)(C(=O)NO)C1CCC(C(=O)Nc2ccncc2)CC1.CC(OCc1ccccc1)(C(=O)NO)C1CCC(C(=O)Nc2ccncc2)CC1.CCC(N)C1CCC(C(=O)Nc2ccncc2)CC1.CCC(N)C1CCC(C(=O)Nc2ccncc2)CC1. The summed E-state index contributed by atoms with van der Waals surface area (Å²) in [5, 5.41) is 30.3. The Balaban J connectivity index is 0.000000184. The van der Waals surface area contributed by atoms with Crippen LogP contribution in [0.25, 0.3) is 0 Å². The van der Waals surface area contributed by atoms with Gasteiger partial charge in [0.1, 0.15) is 11.2 Å². The summed E-state index contributed by atoms with van der Waals surface area (Å²) >= 11 is 0. The lowest BCUT2D eigenvalue weighted by Gasteiger charge is -2.39. The van der Waals surface area contributed by atoms with E-state index in [-0.39, 0.29) is 72.3 Å². The highest BCUT2D eigenvalue weighted by molar-refractivity contribution is 5.94. The molecule has 0 bridgehead atoms. The number of hydrogen-bond donors (Lipinski definition) is 10. The Kier molecular flexibility index (Phi) is 30.5. The van der Waals surface area contributed by atoms with E-state index in [1.807, 2.05) is 84.9 Å². The Bertz CT molecular complexity index is 3050. The average molecular weight is 1320 g/mol. The zero-order valence-corrected chi connectivity index (χ0v) is 56.0. The minimum atomic E-state index is -1.17. The molecule has 6 amide bonds. The Morgan fingerprint density at radius 1 is 0.406 bits per heavy atom. The molecule has 4 aliphatic rings. The van der Waals surface area contributed by atoms with Gasteiger partial charge < -0.3 is 42.2 Å². The minimum absolute atomic E-state index is 0.0202. The molecule has 4 atom stereocenters. The molecule has 0 saturated heterocycles. The van der Waals surface area contributed by atoms with Gasteiger partial charge in [0.05, 0.1) is 13.2 Å². The van der Waals surface area contributed by atoms with Crippen LogP contribution in [0.15, 0.2) is 159 Å². The van der Waals surface area contributed by atoms with Gasteiger partial charge in [-0.15, -0.1) is 0 Å². The molecular formula is C74H100N12O10. The van der Waals surface area contributed by atoms with Crippen LogP contribution in [0, 0.1) is 47.3 Å². The van der Waals surface area contributed by atoms with E-state index in [9.17, 15) is 39.2 Å². The number of benzene rings is 2. The molecule has 22 heteroatoms. The molecular weight excluding hydrogens is 1220 g/mol. The number of carbonyl (C=O) groups excluding carboxylic acids is 6. The van der Waals surface area contributed by atoms with Gasteiger partial charge in [-0.1, -0.05) is 74.5 Å². The maximum absolute atomic E-state index is 12.5. The van der Waals surface area contributed by atoms with Gasteiger partial charge in [0.15, 0.2) is 0 Å². The quantitative estimate of drug-likeness (QED) is 0.0223. The Morgan fingerprint density at radius 2 is 0.646 bits per heavy atom. The van der Waals surface area contributed by atoms with Gasteiger partial charge in [-0.2, -0.15) is 0 Å². The van der Waals surface area contributed by atoms with E-state index in [1.165, 1.54) is 0 Å². The van der Waals surface area contributed by atoms with Crippen LogP contribution in [0.3, 0.4) is 0 Å². The maximum Gasteiger partial charge on any atom is 0.275 e. The fourth-order valence-electron chi connectivity index (χ4n) is 13.4. The van der Waals surface area contributed by atoms with Gasteiger partial charge in [0.2, 0.25) is 23.6 Å². The highest BCUT2D eigenvalue weighted by Gasteiger charge is 2.46. The first-order valence-corrected chi connectivity index (χ1v) is 34.1. The molecule has 0 spiro atoms. The summed E-state index contributed by atoms with van der Waals surface area (Å²) in [6.45, 7) is 8.23. The first-order chi connectivity index (χ1) is 46.5. The number of aromatic nitrogens is 4. The molecule has 96 heavy (non-hydrogen) atoms. The average Bonchev–Trinajstić information content (AvgIpc) is 1.77. The van der Waals surface area contributed by atoms with Gasteiger partial charge in [0.25, 0.3) is 11.8 Å². The zero-order chi connectivity index (χ0) is 68.7. The lowest BCUT2D eigenvalue weighted by atomic mass is 9.73. The largest absolute Gasteiger partial charge is 0.360 e. The summed E-state index contributed by atoms with van der Waals surface area (Å²) in [6.07, 6.45) is 28.7. The first kappa shape index (κ1) is 75.0. The van der Waals surface area contributed by atoms with E-state index in [0.29, 0.717) is 75.3 Å². The molecule has 10 rings (SSSR count). The number of hydrogen-bond acceptors (Lipinski definition) is 16. The minimum Gasteiger partial charge on any atom is -0.360 e. The molecule has 4 aromatic heterocycles. The predicted molar refractivity (Wildman–Crippen MR) is 369 cm³/mol. The standard InChI is InChI=1S/2C22H27N3O4.2C15H23N3O/c2*1-22(21(27)25-28,29-15-16-5-3-2-4-6-16)18-9-7-17(8-10-18)20(26)24-19-11-13-23-14-12-19;2*1-2-14(16)11-3-5-12(6-4-11)15(19)18-13-7-9-17-10-8-13/h2*2-6,11-14,17-18,28H,7-10,15H2,1H3,(H,25,27)(H,23,24,26);2*7-12,14H,2-6,16H2,1H3,(H,17,18,19). The van der Waals surface area contributed by atoms with Crippen LogP contribution in [-0.4, -0.2) is 89.1 Å². The Morgan fingerprint density at radius 3 is 0.875 bits per heavy atom. The number of hydroxylamine groups is 2. The lowest BCUT2D eigenvalue weighted by molar-refractivity contribution is -0.167. The van der Waals surface area contributed by atoms with Crippen LogP contribution in [0.5, 0.6) is 0 Å². The van der Waals surface area contributed by atoms with Crippen LogP contribution in [-0.2, 0) is 51.5 Å². The van der Waals surface area contributed by atoms with Crippen LogP contribution < -0.4 is 43.7 Å². The van der Waals surface area contributed by atoms with Crippen molar-refractivity contribution in [2.45, 2.75) is 180 Å². The molecule has 4 saturated carbocycles. The van der Waals surface area contributed by atoms with Crippen molar-refractivity contribution in [2.24, 2.45) is 58.8 Å². The number of pyridine rings is 4. The van der Waals surface area contributed by atoms with Crippen LogP contribution in [0.1, 0.15) is 154 Å². The highest BCUT2D eigenvalue weighted by Crippen LogP contribution is 2.41. The normalized spacial score (nSPS) is 22.5. The van der Waals surface area contributed by atoms with Crippen molar-refractivity contribution in [3.05, 3.63) is 170 Å². The van der Waals surface area contributed by atoms with Crippen LogP contribution in [0.4, 0.5) is 22.7 Å². The zero-order valence-electron chi connectivity index (χ0n) is 56.0.